The monoisotopic (exact) mass is 407 g/mol. The minimum absolute atomic E-state index is 0. The van der Waals surface area contributed by atoms with Crippen molar-refractivity contribution >= 4 is 12.4 Å². The van der Waals surface area contributed by atoms with Gasteiger partial charge in [-0.2, -0.15) is 0 Å². The van der Waals surface area contributed by atoms with Gasteiger partial charge in [-0.25, -0.2) is 18.4 Å². The van der Waals surface area contributed by atoms with Crippen molar-refractivity contribution in [2.75, 3.05) is 0 Å². The molecule has 3 aromatic rings. The van der Waals surface area contributed by atoms with Gasteiger partial charge in [-0.15, -0.1) is 17.5 Å². The fraction of sp³-hybridized carbons (Fsp3) is 0.316. The van der Waals surface area contributed by atoms with Gasteiger partial charge in [0.15, 0.2) is 17.5 Å². The molecule has 3 atom stereocenters. The van der Waals surface area contributed by atoms with Gasteiger partial charge in [-0.3, -0.25) is 4.98 Å². The van der Waals surface area contributed by atoms with E-state index in [9.17, 15) is 13.9 Å². The lowest BCUT2D eigenvalue weighted by Gasteiger charge is -2.30. The van der Waals surface area contributed by atoms with E-state index in [0.29, 0.717) is 35.9 Å². The standard InChI is InChI=1S/C19H19F2N5O.ClH/c20-13-6-5-12(10-14(13)21)26-19(11-4-7-15(22)17(27)9-11)24-18(25-26)16-3-1-2-8-23-16;/h1-3,5-6,8,10-11,15,17,27H,4,7,9,22H2;1H/t11-,15+,17+;/m0./s1. The zero-order chi connectivity index (χ0) is 19.0. The van der Waals surface area contributed by atoms with Crippen molar-refractivity contribution in [1.82, 2.24) is 19.7 Å². The van der Waals surface area contributed by atoms with Crippen LogP contribution in [0.4, 0.5) is 8.78 Å². The molecule has 0 bridgehead atoms. The van der Waals surface area contributed by atoms with Crippen molar-refractivity contribution in [3.05, 3.63) is 60.1 Å². The number of aliphatic hydroxyl groups is 1. The summed E-state index contributed by atoms with van der Waals surface area (Å²) in [7, 11) is 0. The van der Waals surface area contributed by atoms with Crippen molar-refractivity contribution in [2.24, 2.45) is 5.73 Å². The van der Waals surface area contributed by atoms with Crippen molar-refractivity contribution < 1.29 is 13.9 Å². The minimum Gasteiger partial charge on any atom is -0.391 e. The third kappa shape index (κ3) is 3.89. The molecule has 3 N–H and O–H groups in total. The number of aliphatic hydroxyl groups excluding tert-OH is 1. The summed E-state index contributed by atoms with van der Waals surface area (Å²) < 4.78 is 28.6. The fourth-order valence-corrected chi connectivity index (χ4v) is 3.40. The molecule has 1 aromatic carbocycles. The summed E-state index contributed by atoms with van der Waals surface area (Å²) in [4.78, 5) is 8.87. The molecular formula is C19H20ClF2N5O. The number of hydrogen-bond donors (Lipinski definition) is 2. The molecule has 1 aliphatic carbocycles. The lowest BCUT2D eigenvalue weighted by Crippen LogP contribution is -2.40. The molecule has 28 heavy (non-hydrogen) atoms. The molecule has 0 radical (unpaired) electrons. The number of aromatic nitrogens is 4. The fourth-order valence-electron chi connectivity index (χ4n) is 3.40. The number of benzene rings is 1. The van der Waals surface area contributed by atoms with Gasteiger partial charge in [0.1, 0.15) is 11.5 Å². The molecule has 4 rings (SSSR count). The minimum atomic E-state index is -0.959. The zero-order valence-electron chi connectivity index (χ0n) is 14.9. The topological polar surface area (TPSA) is 89.9 Å². The van der Waals surface area contributed by atoms with Crippen LogP contribution in [0.2, 0.25) is 0 Å². The molecule has 6 nitrogen and oxygen atoms in total. The first-order chi connectivity index (χ1) is 13.0. The molecule has 1 aliphatic rings. The molecule has 0 spiro atoms. The third-order valence-electron chi connectivity index (χ3n) is 4.91. The maximum Gasteiger partial charge on any atom is 0.200 e. The molecule has 2 heterocycles. The second-order valence-corrected chi connectivity index (χ2v) is 6.76. The van der Waals surface area contributed by atoms with Crippen LogP contribution in [0.1, 0.15) is 31.0 Å². The van der Waals surface area contributed by atoms with Crippen molar-refractivity contribution in [3.63, 3.8) is 0 Å². The van der Waals surface area contributed by atoms with Crippen LogP contribution in [-0.4, -0.2) is 37.0 Å². The average Bonchev–Trinajstić information content (AvgIpc) is 3.12. The van der Waals surface area contributed by atoms with E-state index >= 15 is 0 Å². The maximum atomic E-state index is 13.8. The van der Waals surface area contributed by atoms with Crippen molar-refractivity contribution in [2.45, 2.75) is 37.3 Å². The molecule has 9 heteroatoms. The average molecular weight is 408 g/mol. The van der Waals surface area contributed by atoms with Gasteiger partial charge in [-0.05, 0) is 43.5 Å². The van der Waals surface area contributed by atoms with Crippen LogP contribution in [0.25, 0.3) is 17.2 Å². The van der Waals surface area contributed by atoms with E-state index in [4.69, 9.17) is 5.73 Å². The first-order valence-corrected chi connectivity index (χ1v) is 8.80. The number of nitrogens with two attached hydrogens (primary N) is 1. The summed E-state index contributed by atoms with van der Waals surface area (Å²) in [6, 6.07) is 8.71. The molecule has 0 amide bonds. The van der Waals surface area contributed by atoms with Gasteiger partial charge in [0.2, 0.25) is 0 Å². The second-order valence-electron chi connectivity index (χ2n) is 6.76. The van der Waals surface area contributed by atoms with Crippen LogP contribution in [0.5, 0.6) is 0 Å². The van der Waals surface area contributed by atoms with Crippen molar-refractivity contribution in [1.29, 1.82) is 0 Å². The first-order valence-electron chi connectivity index (χ1n) is 8.80. The molecular weight excluding hydrogens is 388 g/mol. The zero-order valence-corrected chi connectivity index (χ0v) is 15.7. The number of rotatable bonds is 3. The van der Waals surface area contributed by atoms with E-state index in [1.165, 1.54) is 10.7 Å². The van der Waals surface area contributed by atoms with Crippen LogP contribution >= 0.6 is 12.4 Å². The number of hydrogen-bond acceptors (Lipinski definition) is 5. The van der Waals surface area contributed by atoms with Crippen LogP contribution in [0, 0.1) is 11.6 Å². The van der Waals surface area contributed by atoms with E-state index in [2.05, 4.69) is 15.1 Å². The van der Waals surface area contributed by atoms with E-state index in [0.717, 1.165) is 18.6 Å². The lowest BCUT2D eigenvalue weighted by atomic mass is 9.84. The van der Waals surface area contributed by atoms with E-state index in [-0.39, 0.29) is 24.4 Å². The highest BCUT2D eigenvalue weighted by atomic mass is 35.5. The number of pyridine rings is 1. The Morgan fingerprint density at radius 1 is 1.11 bits per heavy atom. The Balaban J connectivity index is 0.00000225. The van der Waals surface area contributed by atoms with Gasteiger partial charge in [0.25, 0.3) is 0 Å². The van der Waals surface area contributed by atoms with Crippen LogP contribution < -0.4 is 5.73 Å². The Morgan fingerprint density at radius 2 is 1.93 bits per heavy atom. The Labute approximate surface area is 166 Å². The first kappa shape index (κ1) is 20.3. The Kier molecular flexibility index (Phi) is 6.02. The van der Waals surface area contributed by atoms with Crippen LogP contribution in [0.3, 0.4) is 0 Å². The predicted octanol–water partition coefficient (Wildman–Crippen LogP) is 2.99. The Morgan fingerprint density at radius 3 is 2.61 bits per heavy atom. The summed E-state index contributed by atoms with van der Waals surface area (Å²) in [5, 5.41) is 14.7. The molecule has 0 aliphatic heterocycles. The molecule has 0 unspecified atom stereocenters. The van der Waals surface area contributed by atoms with Gasteiger partial charge in [-0.1, -0.05) is 6.07 Å². The predicted molar refractivity (Wildman–Crippen MR) is 102 cm³/mol. The normalized spacial score (nSPS) is 21.9. The quantitative estimate of drug-likeness (QED) is 0.696. The van der Waals surface area contributed by atoms with Crippen LogP contribution in [0.15, 0.2) is 42.6 Å². The lowest BCUT2D eigenvalue weighted by molar-refractivity contribution is 0.0961. The third-order valence-corrected chi connectivity index (χ3v) is 4.91. The highest BCUT2D eigenvalue weighted by Gasteiger charge is 2.31. The Hall–Kier alpha value is -2.42. The van der Waals surface area contributed by atoms with Crippen LogP contribution in [-0.2, 0) is 0 Å². The highest BCUT2D eigenvalue weighted by Crippen LogP contribution is 2.33. The second kappa shape index (κ2) is 8.30. The van der Waals surface area contributed by atoms with Gasteiger partial charge in [0.05, 0.1) is 11.8 Å². The van der Waals surface area contributed by atoms with E-state index in [1.54, 1.807) is 18.3 Å². The molecule has 0 saturated heterocycles. The van der Waals surface area contributed by atoms with E-state index in [1.807, 2.05) is 6.07 Å². The maximum absolute atomic E-state index is 13.8. The SMILES string of the molecule is Cl.N[C@@H]1CC[C@H](c2nc(-c3ccccn3)nn2-c2ccc(F)c(F)c2)C[C@H]1O. The summed E-state index contributed by atoms with van der Waals surface area (Å²) in [5.41, 5.74) is 6.85. The summed E-state index contributed by atoms with van der Waals surface area (Å²) in [5.74, 6) is -1.02. The summed E-state index contributed by atoms with van der Waals surface area (Å²) in [6.07, 6.45) is 2.80. The summed E-state index contributed by atoms with van der Waals surface area (Å²) >= 11 is 0. The van der Waals surface area contributed by atoms with E-state index < -0.39 is 17.7 Å². The van der Waals surface area contributed by atoms with Crippen molar-refractivity contribution in [3.8, 4) is 17.2 Å². The molecule has 1 fully saturated rings. The largest absolute Gasteiger partial charge is 0.391 e. The Bertz CT molecular complexity index is 953. The number of nitrogens with zero attached hydrogens (tertiary/aromatic N) is 4. The van der Waals surface area contributed by atoms with Gasteiger partial charge in [0, 0.05) is 24.2 Å². The van der Waals surface area contributed by atoms with Gasteiger partial charge < -0.3 is 10.8 Å². The molecule has 2 aromatic heterocycles. The molecule has 148 valence electrons. The van der Waals surface area contributed by atoms with Gasteiger partial charge >= 0.3 is 0 Å². The smallest absolute Gasteiger partial charge is 0.200 e. The highest BCUT2D eigenvalue weighted by molar-refractivity contribution is 5.85. The number of halogens is 3. The molecule has 1 saturated carbocycles. The summed E-state index contributed by atoms with van der Waals surface area (Å²) in [6.45, 7) is 0.